The molecule has 0 bridgehead atoms. The molecule has 1 atom stereocenters. The van der Waals surface area contributed by atoms with Crippen LogP contribution in [0.2, 0.25) is 0 Å². The molecule has 0 radical (unpaired) electrons. The van der Waals surface area contributed by atoms with Gasteiger partial charge in [0.05, 0.1) is 7.11 Å². The molecule has 3 nitrogen and oxygen atoms in total. The van der Waals surface area contributed by atoms with Crippen LogP contribution in [-0.4, -0.2) is 13.1 Å². The first-order valence-corrected chi connectivity index (χ1v) is 8.50. The van der Waals surface area contributed by atoms with Crippen molar-refractivity contribution in [2.45, 2.75) is 16.4 Å². The molecule has 0 saturated carbocycles. The van der Waals surface area contributed by atoms with Crippen LogP contribution in [0.5, 0.6) is 0 Å². The summed E-state index contributed by atoms with van der Waals surface area (Å²) in [4.78, 5) is 14.1. The van der Waals surface area contributed by atoms with Gasteiger partial charge in [0.1, 0.15) is 12.2 Å². The largest absolute Gasteiger partial charge is 0.465 e. The average Bonchev–Trinajstić information content (AvgIpc) is 2.62. The molecular formula is C19H15O3S+. The number of rotatable bonds is 2. The third-order valence-electron chi connectivity index (χ3n) is 3.98. The molecule has 0 aromatic heterocycles. The van der Waals surface area contributed by atoms with Crippen molar-refractivity contribution in [2.24, 2.45) is 0 Å². The van der Waals surface area contributed by atoms with E-state index in [9.17, 15) is 4.79 Å². The number of carbonyl (C=O) groups is 1. The quantitative estimate of drug-likeness (QED) is 0.526. The van der Waals surface area contributed by atoms with Crippen LogP contribution in [0.1, 0.15) is 15.9 Å². The zero-order valence-electron chi connectivity index (χ0n) is 12.6. The van der Waals surface area contributed by atoms with Gasteiger partial charge in [-0.25, -0.2) is 4.79 Å². The minimum Gasteiger partial charge on any atom is -0.465 e. The van der Waals surface area contributed by atoms with Crippen molar-refractivity contribution in [3.05, 3.63) is 71.8 Å². The van der Waals surface area contributed by atoms with Gasteiger partial charge in [-0.1, -0.05) is 42.5 Å². The van der Waals surface area contributed by atoms with Crippen LogP contribution in [0.4, 0.5) is 0 Å². The van der Waals surface area contributed by atoms with Crippen LogP contribution in [0.15, 0.2) is 70.5 Å². The van der Waals surface area contributed by atoms with Crippen molar-refractivity contribution < 1.29 is 13.7 Å². The molecule has 0 saturated heterocycles. The van der Waals surface area contributed by atoms with Crippen molar-refractivity contribution in [2.75, 3.05) is 7.11 Å². The monoisotopic (exact) mass is 323 g/mol. The number of benzene rings is 3. The minimum atomic E-state index is -0.591. The number of carbonyl (C=O) groups excluding carboxylic acids is 1. The molecule has 0 aliphatic carbocycles. The molecule has 4 heteroatoms. The maximum Gasteiger partial charge on any atom is 0.343 e. The second kappa shape index (κ2) is 5.72. The molecule has 0 N–H and O–H groups in total. The van der Waals surface area contributed by atoms with Crippen LogP contribution < -0.4 is 0 Å². The molecule has 3 aromatic rings. The summed E-state index contributed by atoms with van der Waals surface area (Å²) >= 11 is -0.591. The van der Waals surface area contributed by atoms with Gasteiger partial charge in [0, 0.05) is 5.39 Å². The van der Waals surface area contributed by atoms with Gasteiger partial charge in [0.15, 0.2) is 0 Å². The van der Waals surface area contributed by atoms with Crippen molar-refractivity contribution >= 4 is 27.9 Å². The van der Waals surface area contributed by atoms with E-state index in [0.717, 1.165) is 9.79 Å². The Morgan fingerprint density at radius 1 is 1.00 bits per heavy atom. The summed E-state index contributed by atoms with van der Waals surface area (Å²) in [6.07, 6.45) is 0. The fraction of sp³-hybridized carbons (Fsp3) is 0.105. The fourth-order valence-corrected chi connectivity index (χ4v) is 4.86. The SMILES string of the molecule is COC(=O)c1ccccc1[S+]1OCc2cccc3cccc1c23. The van der Waals surface area contributed by atoms with E-state index < -0.39 is 11.2 Å². The van der Waals surface area contributed by atoms with E-state index in [1.807, 2.05) is 24.3 Å². The molecular weight excluding hydrogens is 308 g/mol. The Kier molecular flexibility index (Phi) is 3.56. The Labute approximate surface area is 137 Å². The van der Waals surface area contributed by atoms with Crippen LogP contribution in [0.25, 0.3) is 10.8 Å². The second-order valence-electron chi connectivity index (χ2n) is 5.29. The van der Waals surface area contributed by atoms with Crippen LogP contribution >= 0.6 is 0 Å². The zero-order chi connectivity index (χ0) is 15.8. The van der Waals surface area contributed by atoms with Gasteiger partial charge in [0.2, 0.25) is 21.0 Å². The normalized spacial score (nSPS) is 16.3. The first-order valence-electron chi connectivity index (χ1n) is 7.35. The van der Waals surface area contributed by atoms with Gasteiger partial charge < -0.3 is 4.74 Å². The Balaban J connectivity index is 1.93. The zero-order valence-corrected chi connectivity index (χ0v) is 13.4. The summed E-state index contributed by atoms with van der Waals surface area (Å²) < 4.78 is 11.1. The maximum absolute atomic E-state index is 12.1. The molecule has 0 spiro atoms. The highest BCUT2D eigenvalue weighted by Gasteiger charge is 2.38. The molecule has 1 aliphatic heterocycles. The van der Waals surface area contributed by atoms with E-state index in [1.54, 1.807) is 6.07 Å². The Morgan fingerprint density at radius 3 is 2.57 bits per heavy atom. The Hall–Kier alpha value is -2.30. The summed E-state index contributed by atoms with van der Waals surface area (Å²) in [5.41, 5.74) is 1.76. The van der Waals surface area contributed by atoms with Gasteiger partial charge in [-0.15, -0.1) is 0 Å². The van der Waals surface area contributed by atoms with Crippen LogP contribution in [0.3, 0.4) is 0 Å². The van der Waals surface area contributed by atoms with Gasteiger partial charge >= 0.3 is 5.97 Å². The van der Waals surface area contributed by atoms with Crippen LogP contribution in [0, 0.1) is 0 Å². The lowest BCUT2D eigenvalue weighted by Gasteiger charge is -2.17. The van der Waals surface area contributed by atoms with Gasteiger partial charge in [0.25, 0.3) is 0 Å². The third kappa shape index (κ3) is 2.31. The summed E-state index contributed by atoms with van der Waals surface area (Å²) in [7, 11) is 1.40. The Morgan fingerprint density at radius 2 is 1.74 bits per heavy atom. The summed E-state index contributed by atoms with van der Waals surface area (Å²) in [6.45, 7) is 0.549. The third-order valence-corrected chi connectivity index (χ3v) is 5.83. The molecule has 3 aromatic carbocycles. The smallest absolute Gasteiger partial charge is 0.343 e. The minimum absolute atomic E-state index is 0.331. The standard InChI is InChI=1S/C19H15O3S/c1-21-19(20)15-9-2-3-10-16(15)23-17-11-5-7-13-6-4-8-14(12-22-23)18(13)17/h2-11H,12H2,1H3/q+1. The first-order chi connectivity index (χ1) is 11.3. The molecule has 0 amide bonds. The van der Waals surface area contributed by atoms with Crippen molar-refractivity contribution in [3.63, 3.8) is 0 Å². The average molecular weight is 323 g/mol. The van der Waals surface area contributed by atoms with Crippen molar-refractivity contribution in [3.8, 4) is 0 Å². The molecule has 4 rings (SSSR count). The van der Waals surface area contributed by atoms with Gasteiger partial charge in [-0.2, -0.15) is 4.18 Å². The van der Waals surface area contributed by atoms with Crippen LogP contribution in [-0.2, 0) is 26.7 Å². The summed E-state index contributed by atoms with van der Waals surface area (Å²) in [5.74, 6) is -0.331. The van der Waals surface area contributed by atoms with E-state index in [-0.39, 0.29) is 5.97 Å². The number of hydrogen-bond acceptors (Lipinski definition) is 3. The first kappa shape index (κ1) is 14.3. The van der Waals surface area contributed by atoms with E-state index in [2.05, 4.69) is 30.3 Å². The second-order valence-corrected chi connectivity index (χ2v) is 6.94. The maximum atomic E-state index is 12.1. The number of methoxy groups -OCH3 is 1. The van der Waals surface area contributed by atoms with E-state index in [4.69, 9.17) is 8.92 Å². The van der Waals surface area contributed by atoms with Crippen molar-refractivity contribution in [1.82, 2.24) is 0 Å². The highest BCUT2D eigenvalue weighted by Crippen LogP contribution is 2.38. The number of hydrogen-bond donors (Lipinski definition) is 0. The molecule has 1 unspecified atom stereocenters. The Bertz CT molecular complexity index is 899. The lowest BCUT2D eigenvalue weighted by Crippen LogP contribution is -2.18. The highest BCUT2D eigenvalue weighted by atomic mass is 32.2. The molecule has 0 fully saturated rings. The predicted octanol–water partition coefficient (Wildman–Crippen LogP) is 4.11. The topological polar surface area (TPSA) is 35.5 Å². The van der Waals surface area contributed by atoms with Gasteiger partial charge in [-0.3, -0.25) is 0 Å². The summed E-state index contributed by atoms with van der Waals surface area (Å²) in [6, 6.07) is 20.0. The fourth-order valence-electron chi connectivity index (χ4n) is 2.93. The lowest BCUT2D eigenvalue weighted by molar-refractivity contribution is 0.0596. The van der Waals surface area contributed by atoms with E-state index in [1.165, 1.54) is 23.4 Å². The van der Waals surface area contributed by atoms with E-state index >= 15 is 0 Å². The number of esters is 1. The molecule has 23 heavy (non-hydrogen) atoms. The highest BCUT2D eigenvalue weighted by molar-refractivity contribution is 7.92. The lowest BCUT2D eigenvalue weighted by atomic mass is 10.1. The molecule has 1 heterocycles. The van der Waals surface area contributed by atoms with Gasteiger partial charge in [-0.05, 0) is 29.1 Å². The van der Waals surface area contributed by atoms with E-state index in [0.29, 0.717) is 12.2 Å². The predicted molar refractivity (Wildman–Crippen MR) is 90.4 cm³/mol. The molecule has 114 valence electrons. The molecule has 1 aliphatic rings. The number of ether oxygens (including phenoxy) is 1. The summed E-state index contributed by atoms with van der Waals surface area (Å²) in [5, 5.41) is 2.45. The van der Waals surface area contributed by atoms with Crippen molar-refractivity contribution in [1.29, 1.82) is 0 Å².